The summed E-state index contributed by atoms with van der Waals surface area (Å²) in [6.45, 7) is 3.75. The van der Waals surface area contributed by atoms with Gasteiger partial charge in [0.15, 0.2) is 0 Å². The van der Waals surface area contributed by atoms with Crippen LogP contribution < -0.4 is 16.0 Å². The maximum absolute atomic E-state index is 11.6. The van der Waals surface area contributed by atoms with Crippen LogP contribution >= 0.6 is 15.9 Å². The van der Waals surface area contributed by atoms with Crippen molar-refractivity contribution in [3.05, 3.63) is 28.2 Å². The van der Waals surface area contributed by atoms with E-state index in [1.165, 1.54) is 0 Å². The van der Waals surface area contributed by atoms with Gasteiger partial charge in [-0.1, -0.05) is 28.9 Å². The molecule has 1 amide bonds. The van der Waals surface area contributed by atoms with Crippen LogP contribution in [-0.2, 0) is 11.3 Å². The number of benzene rings is 1. The zero-order valence-corrected chi connectivity index (χ0v) is 12.5. The first-order valence-electron chi connectivity index (χ1n) is 6.06. The summed E-state index contributed by atoms with van der Waals surface area (Å²) in [5, 5.41) is 2.65. The highest BCUT2D eigenvalue weighted by Crippen LogP contribution is 2.25. The van der Waals surface area contributed by atoms with Crippen molar-refractivity contribution in [3.8, 4) is 0 Å². The third kappa shape index (κ3) is 3.99. The molecule has 0 heterocycles. The lowest BCUT2D eigenvalue weighted by molar-refractivity contribution is -0.119. The molecule has 0 saturated carbocycles. The maximum atomic E-state index is 11.6. The monoisotopic (exact) mass is 313 g/mol. The first-order chi connectivity index (χ1) is 8.62. The molecule has 0 radical (unpaired) electrons. The first kappa shape index (κ1) is 15.0. The summed E-state index contributed by atoms with van der Waals surface area (Å²) in [7, 11) is 1.65. The van der Waals surface area contributed by atoms with Crippen molar-refractivity contribution in [2.75, 3.05) is 25.0 Å². The molecule has 0 fully saturated rings. The summed E-state index contributed by atoms with van der Waals surface area (Å²) in [5.41, 5.74) is 7.83. The van der Waals surface area contributed by atoms with E-state index < -0.39 is 0 Å². The molecule has 0 aliphatic heterocycles. The van der Waals surface area contributed by atoms with E-state index in [-0.39, 0.29) is 5.91 Å². The lowest BCUT2D eigenvalue weighted by Gasteiger charge is -2.26. The van der Waals surface area contributed by atoms with Crippen LogP contribution in [0.25, 0.3) is 0 Å². The minimum absolute atomic E-state index is 0.00592. The summed E-state index contributed by atoms with van der Waals surface area (Å²) in [5.74, 6) is 0.00592. The molecule has 0 unspecified atom stereocenters. The predicted octanol–water partition coefficient (Wildman–Crippen LogP) is 1.87. The van der Waals surface area contributed by atoms with E-state index in [1.807, 2.05) is 18.2 Å². The predicted molar refractivity (Wildman–Crippen MR) is 78.6 cm³/mol. The number of amides is 1. The molecule has 0 aliphatic carbocycles. The molecule has 0 aromatic heterocycles. The van der Waals surface area contributed by atoms with Gasteiger partial charge >= 0.3 is 0 Å². The first-order valence-corrected chi connectivity index (χ1v) is 6.85. The molecule has 0 spiro atoms. The number of hydrogen-bond acceptors (Lipinski definition) is 3. The highest BCUT2D eigenvalue weighted by Gasteiger charge is 2.13. The Morgan fingerprint density at radius 2 is 2.22 bits per heavy atom. The number of likely N-dealkylation sites (N-methyl/N-ethyl adjacent to an activating group) is 1. The molecule has 1 aromatic carbocycles. The largest absolute Gasteiger partial charge is 0.362 e. The minimum atomic E-state index is 0.00592. The van der Waals surface area contributed by atoms with Gasteiger partial charge in [0.25, 0.3) is 0 Å². The van der Waals surface area contributed by atoms with Crippen molar-refractivity contribution < 1.29 is 4.79 Å². The Morgan fingerprint density at radius 1 is 1.50 bits per heavy atom. The molecule has 5 heteroatoms. The number of nitrogens with two attached hydrogens (primary N) is 1. The van der Waals surface area contributed by atoms with E-state index in [0.29, 0.717) is 13.1 Å². The third-order valence-electron chi connectivity index (χ3n) is 2.71. The highest BCUT2D eigenvalue weighted by atomic mass is 79.9. The van der Waals surface area contributed by atoms with Crippen molar-refractivity contribution in [1.82, 2.24) is 5.32 Å². The SMILES string of the molecule is CCCN(CC(=O)NC)c1cc(Br)ccc1CN. The van der Waals surface area contributed by atoms with Gasteiger partial charge in [-0.3, -0.25) is 4.79 Å². The number of anilines is 1. The zero-order valence-electron chi connectivity index (χ0n) is 10.9. The summed E-state index contributed by atoms with van der Waals surface area (Å²) < 4.78 is 0.993. The molecule has 4 nitrogen and oxygen atoms in total. The number of nitrogens with one attached hydrogen (secondary N) is 1. The van der Waals surface area contributed by atoms with E-state index in [0.717, 1.165) is 28.7 Å². The Labute approximate surface area is 117 Å². The number of carbonyl (C=O) groups is 1. The molecule has 0 aliphatic rings. The van der Waals surface area contributed by atoms with E-state index in [9.17, 15) is 4.79 Å². The lowest BCUT2D eigenvalue weighted by Crippen LogP contribution is -2.36. The maximum Gasteiger partial charge on any atom is 0.239 e. The van der Waals surface area contributed by atoms with Crippen molar-refractivity contribution in [1.29, 1.82) is 0 Å². The second-order valence-corrected chi connectivity index (χ2v) is 4.99. The molecule has 0 atom stereocenters. The number of carbonyl (C=O) groups excluding carboxylic acids is 1. The molecule has 100 valence electrons. The second kappa shape index (κ2) is 7.38. The quantitative estimate of drug-likeness (QED) is 0.843. The van der Waals surface area contributed by atoms with Gasteiger partial charge in [-0.15, -0.1) is 0 Å². The average molecular weight is 314 g/mol. The van der Waals surface area contributed by atoms with Crippen molar-refractivity contribution in [2.45, 2.75) is 19.9 Å². The number of hydrogen-bond donors (Lipinski definition) is 2. The topological polar surface area (TPSA) is 58.4 Å². The summed E-state index contributed by atoms with van der Waals surface area (Å²) >= 11 is 3.46. The molecule has 3 N–H and O–H groups in total. The molecular weight excluding hydrogens is 294 g/mol. The molecule has 1 rings (SSSR count). The summed E-state index contributed by atoms with van der Waals surface area (Å²) in [6.07, 6.45) is 0.980. The van der Waals surface area contributed by atoms with E-state index >= 15 is 0 Å². The fraction of sp³-hybridized carbons (Fsp3) is 0.462. The summed E-state index contributed by atoms with van der Waals surface area (Å²) in [4.78, 5) is 13.6. The van der Waals surface area contributed by atoms with Gasteiger partial charge in [-0.05, 0) is 24.1 Å². The third-order valence-corrected chi connectivity index (χ3v) is 3.21. The van der Waals surface area contributed by atoms with Gasteiger partial charge < -0.3 is 16.0 Å². The molecule has 0 saturated heterocycles. The van der Waals surface area contributed by atoms with E-state index in [4.69, 9.17) is 5.73 Å². The van der Waals surface area contributed by atoms with Crippen LogP contribution in [0.5, 0.6) is 0 Å². The second-order valence-electron chi connectivity index (χ2n) is 4.07. The lowest BCUT2D eigenvalue weighted by atomic mass is 10.1. The van der Waals surface area contributed by atoms with Gasteiger partial charge in [0.1, 0.15) is 0 Å². The highest BCUT2D eigenvalue weighted by molar-refractivity contribution is 9.10. The van der Waals surface area contributed by atoms with Gasteiger partial charge in [0.2, 0.25) is 5.91 Å². The Morgan fingerprint density at radius 3 is 2.78 bits per heavy atom. The van der Waals surface area contributed by atoms with Crippen molar-refractivity contribution >= 4 is 27.5 Å². The van der Waals surface area contributed by atoms with E-state index in [1.54, 1.807) is 7.05 Å². The Kier molecular flexibility index (Phi) is 6.15. The van der Waals surface area contributed by atoms with Gasteiger partial charge in [0.05, 0.1) is 6.54 Å². The van der Waals surface area contributed by atoms with Crippen molar-refractivity contribution in [3.63, 3.8) is 0 Å². The normalized spacial score (nSPS) is 10.2. The van der Waals surface area contributed by atoms with Crippen molar-refractivity contribution in [2.24, 2.45) is 5.73 Å². The van der Waals surface area contributed by atoms with E-state index in [2.05, 4.69) is 33.1 Å². The molecule has 18 heavy (non-hydrogen) atoms. The zero-order chi connectivity index (χ0) is 13.5. The van der Waals surface area contributed by atoms with Crippen LogP contribution in [-0.4, -0.2) is 26.0 Å². The average Bonchev–Trinajstić information content (AvgIpc) is 2.38. The smallest absolute Gasteiger partial charge is 0.239 e. The van der Waals surface area contributed by atoms with Gasteiger partial charge in [-0.2, -0.15) is 0 Å². The van der Waals surface area contributed by atoms with Crippen LogP contribution in [0.15, 0.2) is 22.7 Å². The fourth-order valence-electron chi connectivity index (χ4n) is 1.81. The number of rotatable bonds is 6. The number of halogens is 1. The fourth-order valence-corrected chi connectivity index (χ4v) is 2.16. The molecular formula is C13H20BrN3O. The van der Waals surface area contributed by atoms with Gasteiger partial charge in [0, 0.05) is 30.3 Å². The van der Waals surface area contributed by atoms with Crippen LogP contribution in [0.1, 0.15) is 18.9 Å². The standard InChI is InChI=1S/C13H20BrN3O/c1-3-6-17(9-13(18)16-2)12-7-11(14)5-4-10(12)8-15/h4-5,7H,3,6,8-9,15H2,1-2H3,(H,16,18). The minimum Gasteiger partial charge on any atom is -0.362 e. The van der Waals surface area contributed by atoms with Crippen LogP contribution in [0, 0.1) is 0 Å². The molecule has 1 aromatic rings. The summed E-state index contributed by atoms with van der Waals surface area (Å²) in [6, 6.07) is 5.97. The number of nitrogens with zero attached hydrogens (tertiary/aromatic N) is 1. The Bertz CT molecular complexity index is 409. The Balaban J connectivity index is 3.03. The van der Waals surface area contributed by atoms with Crippen LogP contribution in [0.2, 0.25) is 0 Å². The van der Waals surface area contributed by atoms with Crippen LogP contribution in [0.3, 0.4) is 0 Å². The Hall–Kier alpha value is -1.07. The van der Waals surface area contributed by atoms with Gasteiger partial charge in [-0.25, -0.2) is 0 Å². The molecule has 0 bridgehead atoms. The van der Waals surface area contributed by atoms with Crippen LogP contribution in [0.4, 0.5) is 5.69 Å².